The Morgan fingerprint density at radius 1 is 1.26 bits per heavy atom. The van der Waals surface area contributed by atoms with Crippen molar-refractivity contribution in [3.63, 3.8) is 0 Å². The van der Waals surface area contributed by atoms with Gasteiger partial charge in [-0.15, -0.1) is 0 Å². The lowest BCUT2D eigenvalue weighted by molar-refractivity contribution is 0.274. The molecule has 0 radical (unpaired) electrons. The van der Waals surface area contributed by atoms with Crippen molar-refractivity contribution in [2.75, 3.05) is 36.7 Å². The molecular formula is C23H26N8O2S. The van der Waals surface area contributed by atoms with Crippen LogP contribution >= 0.6 is 0 Å². The number of pyridine rings is 1. The number of rotatable bonds is 6. The van der Waals surface area contributed by atoms with Crippen LogP contribution in [0.4, 0.5) is 29.1 Å². The summed E-state index contributed by atoms with van der Waals surface area (Å²) in [6.45, 7) is 1.71. The van der Waals surface area contributed by atoms with Crippen LogP contribution in [0.3, 0.4) is 0 Å². The third-order valence-corrected chi connectivity index (χ3v) is 5.88. The monoisotopic (exact) mass is 478 g/mol. The zero-order valence-electron chi connectivity index (χ0n) is 19.2. The molecule has 1 aliphatic rings. The predicted molar refractivity (Wildman–Crippen MR) is 132 cm³/mol. The van der Waals surface area contributed by atoms with Gasteiger partial charge in [-0.3, -0.25) is 0 Å². The van der Waals surface area contributed by atoms with Crippen molar-refractivity contribution >= 4 is 38.8 Å². The van der Waals surface area contributed by atoms with Crippen LogP contribution in [0, 0.1) is 11.3 Å². The van der Waals surface area contributed by atoms with E-state index in [1.165, 1.54) is 24.3 Å². The molecule has 11 heteroatoms. The SMILES string of the molecule is CN1CCc2c(CO)cc(Nc3ncc(C#N)c(Nc4cccc(N=S(C)(C)=O)n4)n3)cc2C1. The van der Waals surface area contributed by atoms with Crippen molar-refractivity contribution in [3.8, 4) is 6.07 Å². The second-order valence-corrected chi connectivity index (χ2v) is 10.9. The van der Waals surface area contributed by atoms with Gasteiger partial charge in [0.15, 0.2) is 11.6 Å². The molecule has 0 fully saturated rings. The third-order valence-electron chi connectivity index (χ3n) is 5.25. The van der Waals surface area contributed by atoms with Gasteiger partial charge in [-0.25, -0.2) is 14.2 Å². The maximum Gasteiger partial charge on any atom is 0.229 e. The van der Waals surface area contributed by atoms with E-state index in [0.717, 1.165) is 36.3 Å². The summed E-state index contributed by atoms with van der Waals surface area (Å²) in [5, 5.41) is 25.6. The molecule has 2 aromatic heterocycles. The van der Waals surface area contributed by atoms with Gasteiger partial charge in [0.25, 0.3) is 0 Å². The molecule has 0 atom stereocenters. The number of fused-ring (bicyclic) bond motifs is 1. The van der Waals surface area contributed by atoms with Gasteiger partial charge in [0.1, 0.15) is 17.5 Å². The molecule has 0 saturated carbocycles. The highest BCUT2D eigenvalue weighted by Crippen LogP contribution is 2.28. The number of nitrogens with zero attached hydrogens (tertiary/aromatic N) is 6. The Kier molecular flexibility index (Phi) is 6.74. The van der Waals surface area contributed by atoms with E-state index < -0.39 is 9.73 Å². The van der Waals surface area contributed by atoms with E-state index in [1.807, 2.05) is 12.1 Å². The fourth-order valence-electron chi connectivity index (χ4n) is 3.78. The highest BCUT2D eigenvalue weighted by molar-refractivity contribution is 7.92. The standard InChI is InChI=1S/C23H26N8O2S/c1-31-8-7-19-15(13-31)9-18(10-16(19)14-32)26-23-25-12-17(11-24)22(29-23)28-20-5-4-6-21(27-20)30-34(2,3)33/h4-6,9-10,12,32H,7-8,13-14H2,1-3H3,(H2,25,26,27,28,29). The van der Waals surface area contributed by atoms with Crippen LogP contribution in [0.15, 0.2) is 40.9 Å². The highest BCUT2D eigenvalue weighted by Gasteiger charge is 2.18. The van der Waals surface area contributed by atoms with Crippen molar-refractivity contribution in [1.29, 1.82) is 5.26 Å². The van der Waals surface area contributed by atoms with E-state index >= 15 is 0 Å². The normalized spacial score (nSPS) is 13.6. The van der Waals surface area contributed by atoms with Crippen LogP contribution in [-0.2, 0) is 29.3 Å². The Bertz CT molecular complexity index is 1380. The lowest BCUT2D eigenvalue weighted by Gasteiger charge is -2.27. The number of hydrogen-bond donors (Lipinski definition) is 3. The minimum absolute atomic E-state index is 0.0441. The summed E-state index contributed by atoms with van der Waals surface area (Å²) in [5.74, 6) is 1.30. The molecule has 0 amide bonds. The summed E-state index contributed by atoms with van der Waals surface area (Å²) in [7, 11) is -0.293. The van der Waals surface area contributed by atoms with Gasteiger partial charge in [-0.05, 0) is 54.4 Å². The Labute approximate surface area is 198 Å². The number of aliphatic hydroxyl groups is 1. The fourth-order valence-corrected chi connectivity index (χ4v) is 4.34. The van der Waals surface area contributed by atoms with E-state index in [-0.39, 0.29) is 18.0 Å². The van der Waals surface area contributed by atoms with E-state index in [2.05, 4.69) is 48.0 Å². The second kappa shape index (κ2) is 9.72. The number of benzene rings is 1. The van der Waals surface area contributed by atoms with Crippen molar-refractivity contribution in [2.24, 2.45) is 4.36 Å². The van der Waals surface area contributed by atoms with Crippen molar-refractivity contribution in [1.82, 2.24) is 19.9 Å². The van der Waals surface area contributed by atoms with Gasteiger partial charge in [-0.1, -0.05) is 6.07 Å². The van der Waals surface area contributed by atoms with Gasteiger partial charge in [-0.2, -0.15) is 14.6 Å². The molecule has 1 aromatic carbocycles. The van der Waals surface area contributed by atoms with Crippen LogP contribution in [0.1, 0.15) is 22.3 Å². The van der Waals surface area contributed by atoms with Crippen molar-refractivity contribution in [2.45, 2.75) is 19.6 Å². The number of aromatic nitrogens is 3. The quantitative estimate of drug-likeness (QED) is 0.487. The number of nitriles is 1. The molecule has 0 saturated heterocycles. The van der Waals surface area contributed by atoms with E-state index in [0.29, 0.717) is 17.6 Å². The molecule has 176 valence electrons. The van der Waals surface area contributed by atoms with Crippen LogP contribution in [-0.4, -0.2) is 55.3 Å². The molecule has 0 bridgehead atoms. The molecule has 0 aliphatic carbocycles. The predicted octanol–water partition coefficient (Wildman–Crippen LogP) is 3.07. The largest absolute Gasteiger partial charge is 0.392 e. The molecule has 0 unspecified atom stereocenters. The molecule has 3 aromatic rings. The first-order valence-corrected chi connectivity index (χ1v) is 13.0. The molecular weight excluding hydrogens is 452 g/mol. The Morgan fingerprint density at radius 2 is 2.09 bits per heavy atom. The zero-order valence-corrected chi connectivity index (χ0v) is 20.1. The summed E-state index contributed by atoms with van der Waals surface area (Å²) in [6, 6.07) is 11.1. The Hall–Kier alpha value is -3.59. The van der Waals surface area contributed by atoms with Gasteiger partial charge in [0, 0.05) is 41.0 Å². The average Bonchev–Trinajstić information content (AvgIpc) is 2.77. The van der Waals surface area contributed by atoms with Gasteiger partial charge < -0.3 is 20.6 Å². The van der Waals surface area contributed by atoms with Crippen molar-refractivity contribution < 1.29 is 9.32 Å². The lowest BCUT2D eigenvalue weighted by Crippen LogP contribution is -2.27. The van der Waals surface area contributed by atoms with E-state index in [1.54, 1.807) is 18.2 Å². The molecule has 3 N–H and O–H groups in total. The minimum atomic E-state index is -2.36. The second-order valence-electron chi connectivity index (χ2n) is 8.39. The van der Waals surface area contributed by atoms with E-state index in [9.17, 15) is 14.6 Å². The summed E-state index contributed by atoms with van der Waals surface area (Å²) in [5.41, 5.74) is 4.23. The van der Waals surface area contributed by atoms with Crippen LogP contribution in [0.2, 0.25) is 0 Å². The van der Waals surface area contributed by atoms with Crippen molar-refractivity contribution in [3.05, 3.63) is 58.8 Å². The summed E-state index contributed by atoms with van der Waals surface area (Å²) in [4.78, 5) is 15.3. The number of hydrogen-bond acceptors (Lipinski definition) is 10. The van der Waals surface area contributed by atoms with Crippen LogP contribution < -0.4 is 10.6 Å². The first-order valence-electron chi connectivity index (χ1n) is 10.6. The third kappa shape index (κ3) is 5.66. The molecule has 0 spiro atoms. The van der Waals surface area contributed by atoms with Crippen LogP contribution in [0.25, 0.3) is 0 Å². The topological polar surface area (TPSA) is 139 Å². The number of nitrogens with one attached hydrogen (secondary N) is 2. The Morgan fingerprint density at radius 3 is 2.82 bits per heavy atom. The number of aliphatic hydroxyl groups excluding tert-OH is 1. The zero-order chi connectivity index (χ0) is 24.3. The first-order chi connectivity index (χ1) is 16.2. The van der Waals surface area contributed by atoms with Gasteiger partial charge in [0.2, 0.25) is 5.95 Å². The average molecular weight is 479 g/mol. The van der Waals surface area contributed by atoms with Gasteiger partial charge in [0.05, 0.1) is 12.8 Å². The molecule has 34 heavy (non-hydrogen) atoms. The Balaban J connectivity index is 1.63. The molecule has 3 heterocycles. The highest BCUT2D eigenvalue weighted by atomic mass is 32.2. The van der Waals surface area contributed by atoms with E-state index in [4.69, 9.17) is 0 Å². The number of anilines is 4. The first kappa shape index (κ1) is 23.6. The summed E-state index contributed by atoms with van der Waals surface area (Å²) < 4.78 is 16.1. The number of likely N-dealkylation sites (N-methyl/N-ethyl adjacent to an activating group) is 1. The fraction of sp³-hybridized carbons (Fsp3) is 0.304. The summed E-state index contributed by atoms with van der Waals surface area (Å²) in [6.07, 6.45) is 5.39. The minimum Gasteiger partial charge on any atom is -0.392 e. The lowest BCUT2D eigenvalue weighted by atomic mass is 9.94. The summed E-state index contributed by atoms with van der Waals surface area (Å²) >= 11 is 0. The maximum absolute atomic E-state index is 12.0. The van der Waals surface area contributed by atoms with Crippen LogP contribution in [0.5, 0.6) is 0 Å². The molecule has 10 nitrogen and oxygen atoms in total. The smallest absolute Gasteiger partial charge is 0.229 e. The maximum atomic E-state index is 12.0. The molecule has 1 aliphatic heterocycles. The van der Waals surface area contributed by atoms with Gasteiger partial charge >= 0.3 is 0 Å². The molecule has 4 rings (SSSR count).